The van der Waals surface area contributed by atoms with Gasteiger partial charge in [-0.15, -0.1) is 10.2 Å². The molecule has 106 valence electrons. The first-order valence-corrected chi connectivity index (χ1v) is 7.43. The third-order valence-electron chi connectivity index (χ3n) is 2.74. The molecule has 0 saturated heterocycles. The van der Waals surface area contributed by atoms with Gasteiger partial charge < -0.3 is 0 Å². The molecule has 2 aromatic heterocycles. The number of aromatic nitrogens is 5. The minimum absolute atomic E-state index is 0.320. The molecule has 0 unspecified atom stereocenters. The van der Waals surface area contributed by atoms with Gasteiger partial charge in [0.05, 0.1) is 12.4 Å². The highest BCUT2D eigenvalue weighted by Gasteiger charge is 2.23. The maximum absolute atomic E-state index is 11.7. The molecule has 8 nitrogen and oxygen atoms in total. The van der Waals surface area contributed by atoms with E-state index in [1.165, 1.54) is 17.0 Å². The van der Waals surface area contributed by atoms with E-state index in [9.17, 15) is 8.42 Å². The predicted molar refractivity (Wildman–Crippen MR) is 73.8 cm³/mol. The van der Waals surface area contributed by atoms with Crippen LogP contribution in [0.25, 0.3) is 17.1 Å². The van der Waals surface area contributed by atoms with Crippen LogP contribution < -0.4 is 5.14 Å². The Bertz CT molecular complexity index is 861. The fraction of sp³-hybridized carbons (Fsp3) is 0. The standard InChI is InChI=1S/C12H10N6O2S/c13-21(19,20)12-17-16-11(9-6-7-14-15-8-9)18(12)10-4-2-1-3-5-10/h1-8H,(H2,13,19,20). The second-order valence-corrected chi connectivity index (χ2v) is 5.61. The Morgan fingerprint density at radius 2 is 1.76 bits per heavy atom. The molecule has 21 heavy (non-hydrogen) atoms. The molecule has 0 atom stereocenters. The van der Waals surface area contributed by atoms with Crippen LogP contribution in [0.3, 0.4) is 0 Å². The Hall–Kier alpha value is -2.65. The second-order valence-electron chi connectivity index (χ2n) is 4.15. The molecular formula is C12H10N6O2S. The van der Waals surface area contributed by atoms with E-state index in [0.29, 0.717) is 17.1 Å². The highest BCUT2D eigenvalue weighted by atomic mass is 32.2. The molecule has 0 fully saturated rings. The van der Waals surface area contributed by atoms with Crippen LogP contribution in [-0.4, -0.2) is 33.4 Å². The van der Waals surface area contributed by atoms with E-state index < -0.39 is 10.0 Å². The Kier molecular flexibility index (Phi) is 3.20. The minimum atomic E-state index is -4.02. The smallest absolute Gasteiger partial charge is 0.265 e. The van der Waals surface area contributed by atoms with E-state index in [4.69, 9.17) is 5.14 Å². The third kappa shape index (κ3) is 2.51. The average Bonchev–Trinajstić information content (AvgIpc) is 2.94. The van der Waals surface area contributed by atoms with Crippen LogP contribution in [-0.2, 0) is 10.0 Å². The van der Waals surface area contributed by atoms with Gasteiger partial charge in [0.25, 0.3) is 15.2 Å². The quantitative estimate of drug-likeness (QED) is 0.747. The summed E-state index contributed by atoms with van der Waals surface area (Å²) in [6.45, 7) is 0. The average molecular weight is 302 g/mol. The van der Waals surface area contributed by atoms with Gasteiger partial charge in [-0.2, -0.15) is 10.2 Å². The number of nitrogens with zero attached hydrogens (tertiary/aromatic N) is 5. The Morgan fingerprint density at radius 3 is 2.38 bits per heavy atom. The molecule has 0 saturated carbocycles. The largest absolute Gasteiger partial charge is 0.274 e. The molecule has 2 heterocycles. The number of nitrogens with two attached hydrogens (primary N) is 1. The SMILES string of the molecule is NS(=O)(=O)c1nnc(-c2ccnnc2)n1-c1ccccc1. The zero-order valence-corrected chi connectivity index (χ0v) is 11.5. The maximum atomic E-state index is 11.7. The van der Waals surface area contributed by atoms with Crippen LogP contribution in [0.15, 0.2) is 53.9 Å². The zero-order chi connectivity index (χ0) is 14.9. The Labute approximate surface area is 120 Å². The lowest BCUT2D eigenvalue weighted by atomic mass is 10.2. The van der Waals surface area contributed by atoms with Gasteiger partial charge in [-0.3, -0.25) is 4.57 Å². The maximum Gasteiger partial charge on any atom is 0.274 e. The third-order valence-corrected chi connectivity index (χ3v) is 3.52. The molecule has 0 radical (unpaired) electrons. The Balaban J connectivity index is 2.31. The lowest BCUT2D eigenvalue weighted by Crippen LogP contribution is -2.18. The fourth-order valence-corrected chi connectivity index (χ4v) is 2.47. The summed E-state index contributed by atoms with van der Waals surface area (Å²) in [5, 5.41) is 19.9. The summed E-state index contributed by atoms with van der Waals surface area (Å²) in [7, 11) is -4.02. The van der Waals surface area contributed by atoms with Crippen LogP contribution in [0.5, 0.6) is 0 Å². The summed E-state index contributed by atoms with van der Waals surface area (Å²) in [5.41, 5.74) is 1.16. The van der Waals surface area contributed by atoms with Crippen molar-refractivity contribution in [1.82, 2.24) is 25.0 Å². The number of primary sulfonamides is 1. The zero-order valence-electron chi connectivity index (χ0n) is 10.7. The van der Waals surface area contributed by atoms with Gasteiger partial charge in [-0.1, -0.05) is 18.2 Å². The molecule has 0 amide bonds. The van der Waals surface area contributed by atoms with Gasteiger partial charge in [0, 0.05) is 11.3 Å². The number of hydrogen-bond donors (Lipinski definition) is 1. The van der Waals surface area contributed by atoms with Crippen molar-refractivity contribution in [2.45, 2.75) is 5.16 Å². The molecular weight excluding hydrogens is 292 g/mol. The van der Waals surface area contributed by atoms with E-state index in [2.05, 4.69) is 20.4 Å². The number of para-hydroxylation sites is 1. The van der Waals surface area contributed by atoms with Crippen molar-refractivity contribution >= 4 is 10.0 Å². The van der Waals surface area contributed by atoms with Crippen LogP contribution in [0.2, 0.25) is 0 Å². The molecule has 9 heteroatoms. The summed E-state index contributed by atoms with van der Waals surface area (Å²) >= 11 is 0. The summed E-state index contributed by atoms with van der Waals surface area (Å²) < 4.78 is 24.8. The van der Waals surface area contributed by atoms with Gasteiger partial charge in [-0.05, 0) is 18.2 Å². The summed E-state index contributed by atoms with van der Waals surface area (Å²) in [4.78, 5) is 0. The fourth-order valence-electron chi connectivity index (χ4n) is 1.87. The number of sulfonamides is 1. The van der Waals surface area contributed by atoms with Gasteiger partial charge in [0.15, 0.2) is 5.82 Å². The monoisotopic (exact) mass is 302 g/mol. The van der Waals surface area contributed by atoms with Crippen LogP contribution in [0.1, 0.15) is 0 Å². The first-order valence-electron chi connectivity index (χ1n) is 5.88. The summed E-state index contributed by atoms with van der Waals surface area (Å²) in [6, 6.07) is 10.5. The van der Waals surface area contributed by atoms with Crippen LogP contribution in [0, 0.1) is 0 Å². The van der Waals surface area contributed by atoms with Gasteiger partial charge >= 0.3 is 0 Å². The van der Waals surface area contributed by atoms with Crippen molar-refractivity contribution in [3.05, 3.63) is 48.8 Å². The number of rotatable bonds is 3. The molecule has 2 N–H and O–H groups in total. The number of hydrogen-bond acceptors (Lipinski definition) is 6. The van der Waals surface area contributed by atoms with Crippen molar-refractivity contribution in [3.63, 3.8) is 0 Å². The van der Waals surface area contributed by atoms with Crippen molar-refractivity contribution in [2.75, 3.05) is 0 Å². The van der Waals surface area contributed by atoms with E-state index in [1.807, 2.05) is 6.07 Å². The topological polar surface area (TPSA) is 117 Å². The molecule has 0 aliphatic carbocycles. The van der Waals surface area contributed by atoms with E-state index >= 15 is 0 Å². The van der Waals surface area contributed by atoms with Crippen molar-refractivity contribution < 1.29 is 8.42 Å². The molecule has 3 rings (SSSR count). The lowest BCUT2D eigenvalue weighted by molar-refractivity contribution is 0.585. The van der Waals surface area contributed by atoms with E-state index in [0.717, 1.165) is 0 Å². The molecule has 1 aromatic carbocycles. The van der Waals surface area contributed by atoms with E-state index in [-0.39, 0.29) is 5.16 Å². The van der Waals surface area contributed by atoms with Crippen molar-refractivity contribution in [3.8, 4) is 17.1 Å². The first-order chi connectivity index (χ1) is 10.1. The van der Waals surface area contributed by atoms with Gasteiger partial charge in [-0.25, -0.2) is 13.6 Å². The normalized spacial score (nSPS) is 11.5. The summed E-state index contributed by atoms with van der Waals surface area (Å²) in [5.74, 6) is 0.320. The highest BCUT2D eigenvalue weighted by Crippen LogP contribution is 2.23. The molecule has 3 aromatic rings. The first kappa shape index (κ1) is 13.3. The highest BCUT2D eigenvalue weighted by molar-refractivity contribution is 7.89. The summed E-state index contributed by atoms with van der Waals surface area (Å²) in [6.07, 6.45) is 2.95. The van der Waals surface area contributed by atoms with Gasteiger partial charge in [0.2, 0.25) is 0 Å². The lowest BCUT2D eigenvalue weighted by Gasteiger charge is -2.08. The number of benzene rings is 1. The molecule has 0 aliphatic rings. The van der Waals surface area contributed by atoms with Crippen molar-refractivity contribution in [1.29, 1.82) is 0 Å². The molecule has 0 spiro atoms. The molecule has 0 bridgehead atoms. The second kappa shape index (κ2) is 5.04. The van der Waals surface area contributed by atoms with Crippen LogP contribution in [0.4, 0.5) is 0 Å². The minimum Gasteiger partial charge on any atom is -0.265 e. The van der Waals surface area contributed by atoms with Crippen LogP contribution >= 0.6 is 0 Å². The van der Waals surface area contributed by atoms with Crippen molar-refractivity contribution in [2.24, 2.45) is 5.14 Å². The Morgan fingerprint density at radius 1 is 1.00 bits per heavy atom. The van der Waals surface area contributed by atoms with Gasteiger partial charge in [0.1, 0.15) is 0 Å². The molecule has 0 aliphatic heterocycles. The predicted octanol–water partition coefficient (Wildman–Crippen LogP) is 0.372. The van der Waals surface area contributed by atoms with E-state index in [1.54, 1.807) is 30.3 Å².